The lowest BCUT2D eigenvalue weighted by Gasteiger charge is -2.30. The third-order valence-corrected chi connectivity index (χ3v) is 11.1. The fourth-order valence-electron chi connectivity index (χ4n) is 8.95. The van der Waals surface area contributed by atoms with E-state index in [1.54, 1.807) is 0 Å². The Bertz CT molecular complexity index is 2790. The van der Waals surface area contributed by atoms with Crippen LogP contribution in [0.5, 0.6) is 0 Å². The van der Waals surface area contributed by atoms with Crippen molar-refractivity contribution in [2.24, 2.45) is 0 Å². The Balaban J connectivity index is 1.23. The van der Waals surface area contributed by atoms with Crippen LogP contribution in [0.1, 0.15) is 22.3 Å². The van der Waals surface area contributed by atoms with Crippen molar-refractivity contribution in [3.63, 3.8) is 0 Å². The molecule has 53 heavy (non-hydrogen) atoms. The van der Waals surface area contributed by atoms with Crippen molar-refractivity contribution in [3.05, 3.63) is 210 Å². The number of hydrogen-bond donors (Lipinski definition) is 0. The molecule has 1 heterocycles. The van der Waals surface area contributed by atoms with E-state index in [1.807, 2.05) is 36.4 Å². The highest BCUT2D eigenvalue weighted by molar-refractivity contribution is 6.04. The van der Waals surface area contributed by atoms with E-state index in [0.29, 0.717) is 17.5 Å². The van der Waals surface area contributed by atoms with Gasteiger partial charge in [-0.1, -0.05) is 176 Å². The number of hydrogen-bond acceptors (Lipinski definition) is 3. The molecule has 0 amide bonds. The summed E-state index contributed by atoms with van der Waals surface area (Å²) in [6.07, 6.45) is 0. The zero-order valence-corrected chi connectivity index (χ0v) is 28.7. The van der Waals surface area contributed by atoms with Gasteiger partial charge in [0, 0.05) is 16.7 Å². The molecule has 2 aliphatic rings. The average Bonchev–Trinajstić information content (AvgIpc) is 3.71. The van der Waals surface area contributed by atoms with E-state index in [2.05, 4.69) is 152 Å². The molecule has 0 atom stereocenters. The highest BCUT2D eigenvalue weighted by Gasteiger charge is 2.52. The van der Waals surface area contributed by atoms with E-state index >= 15 is 0 Å². The summed E-state index contributed by atoms with van der Waals surface area (Å²) in [6, 6.07) is 67.4. The van der Waals surface area contributed by atoms with Crippen LogP contribution < -0.4 is 0 Å². The Morgan fingerprint density at radius 2 is 0.698 bits per heavy atom. The minimum absolute atomic E-state index is 0.430. The number of nitrogens with zero attached hydrogens (tertiary/aromatic N) is 3. The number of benzene rings is 8. The summed E-state index contributed by atoms with van der Waals surface area (Å²) in [5, 5.41) is 2.30. The normalized spacial score (nSPS) is 13.1. The first-order valence-electron chi connectivity index (χ1n) is 18.1. The zero-order chi connectivity index (χ0) is 34.9. The van der Waals surface area contributed by atoms with E-state index in [-0.39, 0.29) is 0 Å². The Morgan fingerprint density at radius 1 is 0.283 bits per heavy atom. The van der Waals surface area contributed by atoms with Gasteiger partial charge < -0.3 is 0 Å². The fraction of sp³-hybridized carbons (Fsp3) is 0.0200. The predicted molar refractivity (Wildman–Crippen MR) is 215 cm³/mol. The second-order valence-electron chi connectivity index (χ2n) is 13.9. The molecule has 1 spiro atoms. The zero-order valence-electron chi connectivity index (χ0n) is 28.7. The molecule has 3 heteroatoms. The smallest absolute Gasteiger partial charge is 0.164 e. The lowest BCUT2D eigenvalue weighted by molar-refractivity contribution is 0.794. The van der Waals surface area contributed by atoms with Gasteiger partial charge in [0.2, 0.25) is 0 Å². The summed E-state index contributed by atoms with van der Waals surface area (Å²) >= 11 is 0. The van der Waals surface area contributed by atoms with Gasteiger partial charge in [0.05, 0.1) is 5.41 Å². The van der Waals surface area contributed by atoms with Crippen LogP contribution in [0.2, 0.25) is 0 Å². The van der Waals surface area contributed by atoms with E-state index in [9.17, 15) is 0 Å². The lowest BCUT2D eigenvalue weighted by Crippen LogP contribution is -2.25. The topological polar surface area (TPSA) is 38.7 Å². The SMILES string of the molecule is c1ccc(-c2nc(-c3ccccc3)nc(-c3cc4ccccc4cc3-c3cccc4c3-c3ccccc3C43c4ccccc4-c4ccccc43)n2)cc1. The summed E-state index contributed by atoms with van der Waals surface area (Å²) in [6.45, 7) is 0. The Kier molecular flexibility index (Phi) is 6.47. The molecule has 0 radical (unpaired) electrons. The first-order chi connectivity index (χ1) is 26.3. The van der Waals surface area contributed by atoms with Crippen LogP contribution in [0.15, 0.2) is 188 Å². The molecule has 11 rings (SSSR count). The molecule has 2 aliphatic carbocycles. The quantitative estimate of drug-likeness (QED) is 0.187. The first-order valence-corrected chi connectivity index (χ1v) is 18.1. The molecule has 9 aromatic rings. The molecule has 0 aliphatic heterocycles. The standard InChI is InChI=1S/C50H31N3/c1-3-16-32(17-4-1)47-51-48(33-18-5-2-6-19-33)53-49(52-47)41-31-35-21-8-7-20-34(35)30-40(41)38-25-15-29-45-46(38)39-24-11-14-28-44(39)50(45)42-26-12-9-22-36(42)37-23-10-13-27-43(37)50/h1-31H. The number of rotatable bonds is 4. The molecule has 0 saturated carbocycles. The maximum absolute atomic E-state index is 5.24. The fourth-order valence-corrected chi connectivity index (χ4v) is 8.95. The summed E-state index contributed by atoms with van der Waals surface area (Å²) in [7, 11) is 0. The van der Waals surface area contributed by atoms with Gasteiger partial charge in [-0.2, -0.15) is 0 Å². The molecule has 8 aromatic carbocycles. The molecule has 0 N–H and O–H groups in total. The first kappa shape index (κ1) is 29.7. The molecule has 0 saturated heterocycles. The van der Waals surface area contributed by atoms with Crippen molar-refractivity contribution < 1.29 is 0 Å². The van der Waals surface area contributed by atoms with Crippen LogP contribution in [0, 0.1) is 0 Å². The Hall–Kier alpha value is -6.97. The molecule has 3 nitrogen and oxygen atoms in total. The van der Waals surface area contributed by atoms with Crippen molar-refractivity contribution in [3.8, 4) is 67.5 Å². The predicted octanol–water partition coefficient (Wildman–Crippen LogP) is 12.0. The van der Waals surface area contributed by atoms with E-state index in [0.717, 1.165) is 33.2 Å². The van der Waals surface area contributed by atoms with Gasteiger partial charge in [0.15, 0.2) is 17.5 Å². The number of fused-ring (bicyclic) bond motifs is 11. The lowest BCUT2D eigenvalue weighted by atomic mass is 9.70. The molecular formula is C50H31N3. The second-order valence-corrected chi connectivity index (χ2v) is 13.9. The average molecular weight is 674 g/mol. The Morgan fingerprint density at radius 3 is 1.28 bits per heavy atom. The highest BCUT2D eigenvalue weighted by atomic mass is 15.0. The van der Waals surface area contributed by atoms with Crippen molar-refractivity contribution in [2.75, 3.05) is 0 Å². The Labute approximate surface area is 308 Å². The highest BCUT2D eigenvalue weighted by Crippen LogP contribution is 2.64. The summed E-state index contributed by atoms with van der Waals surface area (Å²) in [5.41, 5.74) is 15.1. The van der Waals surface area contributed by atoms with E-state index in [1.165, 1.54) is 49.9 Å². The van der Waals surface area contributed by atoms with Gasteiger partial charge in [-0.15, -0.1) is 0 Å². The summed E-state index contributed by atoms with van der Waals surface area (Å²) in [5.74, 6) is 1.94. The van der Waals surface area contributed by atoms with Crippen LogP contribution in [0.4, 0.5) is 0 Å². The molecule has 0 fully saturated rings. The van der Waals surface area contributed by atoms with Gasteiger partial charge in [-0.05, 0) is 78.5 Å². The minimum Gasteiger partial charge on any atom is -0.208 e. The minimum atomic E-state index is -0.430. The molecule has 246 valence electrons. The van der Waals surface area contributed by atoms with Crippen LogP contribution in [-0.2, 0) is 5.41 Å². The summed E-state index contributed by atoms with van der Waals surface area (Å²) < 4.78 is 0. The monoisotopic (exact) mass is 673 g/mol. The van der Waals surface area contributed by atoms with E-state index < -0.39 is 5.41 Å². The van der Waals surface area contributed by atoms with E-state index in [4.69, 9.17) is 15.0 Å². The molecule has 0 bridgehead atoms. The van der Waals surface area contributed by atoms with Gasteiger partial charge >= 0.3 is 0 Å². The van der Waals surface area contributed by atoms with Crippen molar-refractivity contribution in [2.45, 2.75) is 5.41 Å². The molecule has 0 unspecified atom stereocenters. The van der Waals surface area contributed by atoms with Crippen LogP contribution >= 0.6 is 0 Å². The maximum Gasteiger partial charge on any atom is 0.164 e. The van der Waals surface area contributed by atoms with Crippen LogP contribution in [0.3, 0.4) is 0 Å². The van der Waals surface area contributed by atoms with Gasteiger partial charge in [-0.25, -0.2) is 15.0 Å². The van der Waals surface area contributed by atoms with Crippen LogP contribution in [0.25, 0.3) is 78.3 Å². The van der Waals surface area contributed by atoms with Crippen molar-refractivity contribution in [1.82, 2.24) is 15.0 Å². The summed E-state index contributed by atoms with van der Waals surface area (Å²) in [4.78, 5) is 15.5. The largest absolute Gasteiger partial charge is 0.208 e. The van der Waals surface area contributed by atoms with Crippen LogP contribution in [-0.4, -0.2) is 15.0 Å². The maximum atomic E-state index is 5.24. The van der Waals surface area contributed by atoms with Gasteiger partial charge in [0.1, 0.15) is 0 Å². The van der Waals surface area contributed by atoms with Crippen molar-refractivity contribution >= 4 is 10.8 Å². The molecule has 1 aromatic heterocycles. The van der Waals surface area contributed by atoms with Gasteiger partial charge in [0.25, 0.3) is 0 Å². The third-order valence-electron chi connectivity index (χ3n) is 11.1. The second kappa shape index (κ2) is 11.5. The third kappa shape index (κ3) is 4.31. The van der Waals surface area contributed by atoms with Crippen molar-refractivity contribution in [1.29, 1.82) is 0 Å². The number of aromatic nitrogens is 3. The molecular weight excluding hydrogens is 643 g/mol. The van der Waals surface area contributed by atoms with Gasteiger partial charge in [-0.3, -0.25) is 0 Å².